The van der Waals surface area contributed by atoms with Crippen LogP contribution in [0.4, 0.5) is 0 Å². The molecule has 0 atom stereocenters. The molecule has 116 valence electrons. The molecule has 22 heavy (non-hydrogen) atoms. The average Bonchev–Trinajstić information content (AvgIpc) is 2.58. The van der Waals surface area contributed by atoms with Gasteiger partial charge in [0, 0.05) is 18.3 Å². The van der Waals surface area contributed by atoms with Crippen LogP contribution < -0.4 is 0 Å². The van der Waals surface area contributed by atoms with Crippen molar-refractivity contribution in [1.82, 2.24) is 0 Å². The van der Waals surface area contributed by atoms with Crippen LogP contribution in [-0.2, 0) is 0 Å². The van der Waals surface area contributed by atoms with Gasteiger partial charge in [0.05, 0.1) is 12.3 Å². The van der Waals surface area contributed by atoms with E-state index in [1.165, 1.54) is 33.6 Å². The molecule has 2 heteroatoms. The Morgan fingerprint density at radius 2 is 1.73 bits per heavy atom. The maximum atomic E-state index is 4.92. The van der Waals surface area contributed by atoms with Gasteiger partial charge in [-0.15, -0.1) is 0 Å². The molecule has 0 radical (unpaired) electrons. The second-order valence-corrected chi connectivity index (χ2v) is 5.93. The second kappa shape index (κ2) is 7.35. The molecule has 1 aromatic carbocycles. The van der Waals surface area contributed by atoms with E-state index < -0.39 is 0 Å². The highest BCUT2D eigenvalue weighted by Crippen LogP contribution is 2.24. The van der Waals surface area contributed by atoms with Crippen LogP contribution in [0.5, 0.6) is 0 Å². The number of hydrogen-bond donors (Lipinski definition) is 0. The molecular weight excluding hydrogens is 268 g/mol. The first-order chi connectivity index (χ1) is 10.6. The molecule has 1 aromatic rings. The summed E-state index contributed by atoms with van der Waals surface area (Å²) >= 11 is 0. The van der Waals surface area contributed by atoms with Gasteiger partial charge in [0.2, 0.25) is 0 Å². The Morgan fingerprint density at radius 3 is 2.32 bits per heavy atom. The minimum atomic E-state index is 0.692. The molecule has 0 unspecified atom stereocenters. The van der Waals surface area contributed by atoms with Crippen molar-refractivity contribution in [2.75, 3.05) is 13.6 Å². The van der Waals surface area contributed by atoms with E-state index in [9.17, 15) is 0 Å². The van der Waals surface area contributed by atoms with Crippen LogP contribution in [-0.4, -0.2) is 25.0 Å². The standard InChI is InChI=1S/C20H26N2/c1-6-19-16(4)15(3)9-12-18(21-5)13-22-20(19)17-10-7-14(2)8-11-17/h6-8,10-11H,9,12-13H2,1-5H3. The second-order valence-electron chi connectivity index (χ2n) is 5.93. The Kier molecular flexibility index (Phi) is 5.48. The molecule has 0 fully saturated rings. The van der Waals surface area contributed by atoms with Crippen LogP contribution in [0, 0.1) is 6.92 Å². The van der Waals surface area contributed by atoms with E-state index in [-0.39, 0.29) is 0 Å². The van der Waals surface area contributed by atoms with Crippen LogP contribution in [0.2, 0.25) is 0 Å². The van der Waals surface area contributed by atoms with E-state index in [0.29, 0.717) is 6.54 Å². The lowest BCUT2D eigenvalue weighted by atomic mass is 9.92. The van der Waals surface area contributed by atoms with Gasteiger partial charge >= 0.3 is 0 Å². The molecule has 1 heterocycles. The first-order valence-corrected chi connectivity index (χ1v) is 7.96. The zero-order valence-corrected chi connectivity index (χ0v) is 14.4. The van der Waals surface area contributed by atoms with E-state index in [1.54, 1.807) is 0 Å². The van der Waals surface area contributed by atoms with E-state index in [4.69, 9.17) is 4.99 Å². The Hall–Kier alpha value is -1.96. The minimum Gasteiger partial charge on any atom is -0.295 e. The number of hydrogen-bond acceptors (Lipinski definition) is 2. The first kappa shape index (κ1) is 16.4. The van der Waals surface area contributed by atoms with Crippen LogP contribution in [0.25, 0.3) is 0 Å². The van der Waals surface area contributed by atoms with Gasteiger partial charge in [-0.3, -0.25) is 9.98 Å². The fourth-order valence-corrected chi connectivity index (χ4v) is 2.76. The van der Waals surface area contributed by atoms with E-state index in [0.717, 1.165) is 18.6 Å². The summed E-state index contributed by atoms with van der Waals surface area (Å²) in [5.74, 6) is 0. The predicted molar refractivity (Wildman–Crippen MR) is 97.3 cm³/mol. The quantitative estimate of drug-likeness (QED) is 0.701. The Bertz CT molecular complexity index is 655. The summed E-state index contributed by atoms with van der Waals surface area (Å²) in [5.41, 5.74) is 8.74. The summed E-state index contributed by atoms with van der Waals surface area (Å²) < 4.78 is 0. The Balaban J connectivity index is 2.58. The summed E-state index contributed by atoms with van der Waals surface area (Å²) in [6.45, 7) is 9.34. The topological polar surface area (TPSA) is 24.7 Å². The van der Waals surface area contributed by atoms with Crippen molar-refractivity contribution in [2.45, 2.75) is 40.5 Å². The number of benzene rings is 1. The summed E-state index contributed by atoms with van der Waals surface area (Å²) in [6, 6.07) is 8.64. The monoisotopic (exact) mass is 294 g/mol. The minimum absolute atomic E-state index is 0.692. The van der Waals surface area contributed by atoms with Crippen molar-refractivity contribution in [3.05, 3.63) is 58.2 Å². The highest BCUT2D eigenvalue weighted by atomic mass is 14.8. The largest absolute Gasteiger partial charge is 0.295 e. The van der Waals surface area contributed by atoms with Gasteiger partial charge in [0.15, 0.2) is 0 Å². The molecule has 0 amide bonds. The lowest BCUT2D eigenvalue weighted by molar-refractivity contribution is 0.975. The normalized spacial score (nSPS) is 20.7. The summed E-state index contributed by atoms with van der Waals surface area (Å²) in [7, 11) is 1.87. The van der Waals surface area contributed by atoms with Crippen molar-refractivity contribution < 1.29 is 0 Å². The maximum absolute atomic E-state index is 4.92. The van der Waals surface area contributed by atoms with E-state index in [1.807, 2.05) is 7.05 Å². The van der Waals surface area contributed by atoms with E-state index >= 15 is 0 Å². The molecule has 0 spiro atoms. The number of rotatable bonds is 1. The lowest BCUT2D eigenvalue weighted by Crippen LogP contribution is -2.10. The zero-order chi connectivity index (χ0) is 16.1. The average molecular weight is 294 g/mol. The first-order valence-electron chi connectivity index (χ1n) is 7.96. The van der Waals surface area contributed by atoms with Crippen LogP contribution in [0.1, 0.15) is 44.7 Å². The third-order valence-electron chi connectivity index (χ3n) is 4.44. The molecule has 0 aliphatic carbocycles. The summed E-state index contributed by atoms with van der Waals surface area (Å²) in [6.07, 6.45) is 4.25. The third-order valence-corrected chi connectivity index (χ3v) is 4.44. The molecule has 0 saturated carbocycles. The summed E-state index contributed by atoms with van der Waals surface area (Å²) in [5, 5.41) is 0. The van der Waals surface area contributed by atoms with Crippen LogP contribution >= 0.6 is 0 Å². The SMILES string of the molecule is CC=C1C(c2ccc(C)cc2)=NCC(=NC)CCC(C)=C1C. The number of aliphatic imine (C=N–C) groups is 2. The van der Waals surface area contributed by atoms with Crippen molar-refractivity contribution in [1.29, 1.82) is 0 Å². The van der Waals surface area contributed by atoms with Crippen LogP contribution in [0.15, 0.2) is 57.0 Å². The van der Waals surface area contributed by atoms with Crippen molar-refractivity contribution in [3.63, 3.8) is 0 Å². The summed E-state index contributed by atoms with van der Waals surface area (Å²) in [4.78, 5) is 9.33. The zero-order valence-electron chi connectivity index (χ0n) is 14.4. The molecule has 1 aliphatic heterocycles. The van der Waals surface area contributed by atoms with Crippen LogP contribution in [0.3, 0.4) is 0 Å². The molecule has 0 bridgehead atoms. The lowest BCUT2D eigenvalue weighted by Gasteiger charge is -2.14. The van der Waals surface area contributed by atoms with Crippen molar-refractivity contribution in [2.24, 2.45) is 9.98 Å². The highest BCUT2D eigenvalue weighted by Gasteiger charge is 2.15. The number of nitrogens with zero attached hydrogens (tertiary/aromatic N) is 2. The number of allylic oxidation sites excluding steroid dienone is 4. The smallest absolute Gasteiger partial charge is 0.0775 e. The number of aryl methyl sites for hydroxylation is 1. The predicted octanol–water partition coefficient (Wildman–Crippen LogP) is 4.93. The van der Waals surface area contributed by atoms with Gasteiger partial charge < -0.3 is 0 Å². The Morgan fingerprint density at radius 1 is 1.05 bits per heavy atom. The highest BCUT2D eigenvalue weighted by molar-refractivity contribution is 6.16. The van der Waals surface area contributed by atoms with Gasteiger partial charge in [-0.25, -0.2) is 0 Å². The van der Waals surface area contributed by atoms with Crippen molar-refractivity contribution >= 4 is 11.4 Å². The fraction of sp³-hybridized carbons (Fsp3) is 0.400. The van der Waals surface area contributed by atoms with Gasteiger partial charge in [-0.2, -0.15) is 0 Å². The molecule has 1 aliphatic rings. The van der Waals surface area contributed by atoms with E-state index in [2.05, 4.69) is 63.0 Å². The molecule has 0 aromatic heterocycles. The van der Waals surface area contributed by atoms with Crippen molar-refractivity contribution in [3.8, 4) is 0 Å². The maximum Gasteiger partial charge on any atom is 0.0775 e. The third kappa shape index (κ3) is 3.62. The molecule has 0 saturated heterocycles. The fourth-order valence-electron chi connectivity index (χ4n) is 2.76. The van der Waals surface area contributed by atoms with Gasteiger partial charge in [0.1, 0.15) is 0 Å². The molecule has 2 nitrogen and oxygen atoms in total. The van der Waals surface area contributed by atoms with Gasteiger partial charge in [-0.1, -0.05) is 41.5 Å². The molecule has 2 rings (SSSR count). The van der Waals surface area contributed by atoms with Gasteiger partial charge in [0.25, 0.3) is 0 Å². The Labute approximate surface area is 134 Å². The molecular formula is C20H26N2. The van der Waals surface area contributed by atoms with Gasteiger partial charge in [-0.05, 0) is 51.7 Å². The molecule has 0 N–H and O–H groups in total.